The predicted octanol–water partition coefficient (Wildman–Crippen LogP) is 5.26. The van der Waals surface area contributed by atoms with Crippen LogP contribution in [0.15, 0.2) is 64.4 Å². The minimum Gasteiger partial charge on any atom is -0.387 e. The molecule has 2 aromatic heterocycles. The second-order valence-electron chi connectivity index (χ2n) is 9.12. The summed E-state index contributed by atoms with van der Waals surface area (Å²) in [5.74, 6) is 0.509. The van der Waals surface area contributed by atoms with Crippen molar-refractivity contribution in [3.8, 4) is 0 Å². The standard InChI is InChI=1S/C28H32N4O3S2/c1-3-5-11-19(4-2)18-32-27(35)23(37-28(32)36)16-21-25(29-17-22(33)20-12-7-6-8-13-20)30-24-14-9-10-15-31(24)26(21)34/h6-10,12-16,19,22,29,33H,3-5,11,17-18H2,1-2H3/b23-16-/t19-,22+/m1/s1. The zero-order valence-electron chi connectivity index (χ0n) is 21.1. The molecule has 1 fully saturated rings. The van der Waals surface area contributed by atoms with E-state index in [0.717, 1.165) is 31.2 Å². The molecular formula is C28H32N4O3S2. The highest BCUT2D eigenvalue weighted by atomic mass is 32.2. The van der Waals surface area contributed by atoms with E-state index in [0.29, 0.717) is 33.2 Å². The van der Waals surface area contributed by atoms with Gasteiger partial charge in [-0.15, -0.1) is 0 Å². The lowest BCUT2D eigenvalue weighted by Crippen LogP contribution is -2.33. The summed E-state index contributed by atoms with van der Waals surface area (Å²) in [6.07, 6.45) is 6.70. The van der Waals surface area contributed by atoms with Crippen molar-refractivity contribution in [2.24, 2.45) is 5.92 Å². The number of fused-ring (bicyclic) bond motifs is 1. The molecule has 7 nitrogen and oxygen atoms in total. The number of rotatable bonds is 11. The summed E-state index contributed by atoms with van der Waals surface area (Å²) in [6, 6.07) is 14.6. The molecule has 0 unspecified atom stereocenters. The van der Waals surface area contributed by atoms with Crippen molar-refractivity contribution >= 4 is 51.7 Å². The van der Waals surface area contributed by atoms with Gasteiger partial charge in [-0.05, 0) is 36.1 Å². The van der Waals surface area contributed by atoms with E-state index in [1.807, 2.05) is 30.3 Å². The number of anilines is 1. The van der Waals surface area contributed by atoms with Crippen LogP contribution < -0.4 is 10.9 Å². The summed E-state index contributed by atoms with van der Waals surface area (Å²) < 4.78 is 1.96. The first-order valence-corrected chi connectivity index (χ1v) is 13.9. The number of unbranched alkanes of at least 4 members (excludes halogenated alkanes) is 1. The molecule has 3 aromatic rings. The molecule has 0 saturated carbocycles. The first kappa shape index (κ1) is 27.0. The van der Waals surface area contributed by atoms with Crippen LogP contribution in [0.3, 0.4) is 0 Å². The molecule has 2 atom stereocenters. The van der Waals surface area contributed by atoms with Gasteiger partial charge in [-0.3, -0.25) is 18.9 Å². The Morgan fingerprint density at radius 2 is 1.89 bits per heavy atom. The summed E-state index contributed by atoms with van der Waals surface area (Å²) in [7, 11) is 0. The lowest BCUT2D eigenvalue weighted by Gasteiger charge is -2.21. The summed E-state index contributed by atoms with van der Waals surface area (Å²) >= 11 is 6.76. The van der Waals surface area contributed by atoms with Crippen LogP contribution in [0.2, 0.25) is 0 Å². The molecular weight excluding hydrogens is 504 g/mol. The van der Waals surface area contributed by atoms with E-state index in [2.05, 4.69) is 24.1 Å². The number of thiocarbonyl (C=S) groups is 1. The minimum atomic E-state index is -0.794. The molecule has 0 aliphatic carbocycles. The van der Waals surface area contributed by atoms with E-state index in [1.165, 1.54) is 16.2 Å². The van der Waals surface area contributed by atoms with Gasteiger partial charge in [0.25, 0.3) is 11.5 Å². The number of pyridine rings is 1. The Bertz CT molecular complexity index is 1360. The third kappa shape index (κ3) is 6.29. The van der Waals surface area contributed by atoms with E-state index in [-0.39, 0.29) is 23.6 Å². The van der Waals surface area contributed by atoms with Crippen LogP contribution in [0.1, 0.15) is 56.8 Å². The third-order valence-corrected chi connectivity index (χ3v) is 7.93. The summed E-state index contributed by atoms with van der Waals surface area (Å²) in [4.78, 5) is 33.5. The molecule has 0 spiro atoms. The van der Waals surface area contributed by atoms with Crippen molar-refractivity contribution in [1.29, 1.82) is 0 Å². The number of carbonyl (C=O) groups excluding carboxylic acids is 1. The molecule has 3 heterocycles. The molecule has 1 aromatic carbocycles. The number of aromatic nitrogens is 2. The highest BCUT2D eigenvalue weighted by molar-refractivity contribution is 8.26. The Labute approximate surface area is 226 Å². The van der Waals surface area contributed by atoms with Gasteiger partial charge in [-0.25, -0.2) is 4.98 Å². The van der Waals surface area contributed by atoms with E-state index in [1.54, 1.807) is 35.4 Å². The molecule has 37 heavy (non-hydrogen) atoms. The first-order valence-electron chi connectivity index (χ1n) is 12.7. The number of aliphatic hydroxyl groups excluding tert-OH is 1. The second-order valence-corrected chi connectivity index (χ2v) is 10.8. The number of nitrogens with one attached hydrogen (secondary N) is 1. The molecule has 1 aliphatic rings. The van der Waals surface area contributed by atoms with Crippen LogP contribution in [0.5, 0.6) is 0 Å². The second kappa shape index (κ2) is 12.5. The fourth-order valence-corrected chi connectivity index (χ4v) is 5.57. The molecule has 4 rings (SSSR count). The van der Waals surface area contributed by atoms with Gasteiger partial charge in [0, 0.05) is 19.3 Å². The highest BCUT2D eigenvalue weighted by Gasteiger charge is 2.33. The van der Waals surface area contributed by atoms with Crippen molar-refractivity contribution < 1.29 is 9.90 Å². The number of amides is 1. The maximum Gasteiger partial charge on any atom is 0.267 e. The maximum absolute atomic E-state index is 13.5. The number of aliphatic hydroxyl groups is 1. The monoisotopic (exact) mass is 536 g/mol. The minimum absolute atomic E-state index is 0.150. The third-order valence-electron chi connectivity index (χ3n) is 6.55. The van der Waals surface area contributed by atoms with Gasteiger partial charge in [-0.2, -0.15) is 0 Å². The number of hydrogen-bond donors (Lipinski definition) is 2. The normalized spacial score (nSPS) is 16.5. The van der Waals surface area contributed by atoms with Crippen molar-refractivity contribution in [2.45, 2.75) is 45.6 Å². The van der Waals surface area contributed by atoms with Gasteiger partial charge in [0.05, 0.1) is 16.6 Å². The fourth-order valence-electron chi connectivity index (χ4n) is 4.32. The van der Waals surface area contributed by atoms with Crippen LogP contribution in [0.25, 0.3) is 11.7 Å². The number of thioether (sulfide) groups is 1. The zero-order chi connectivity index (χ0) is 26.4. The first-order chi connectivity index (χ1) is 17.9. The molecule has 1 amide bonds. The van der Waals surface area contributed by atoms with Gasteiger partial charge in [-0.1, -0.05) is 93.5 Å². The highest BCUT2D eigenvalue weighted by Crippen LogP contribution is 2.34. The van der Waals surface area contributed by atoms with E-state index in [9.17, 15) is 14.7 Å². The average molecular weight is 537 g/mol. The van der Waals surface area contributed by atoms with Crippen LogP contribution >= 0.6 is 24.0 Å². The largest absolute Gasteiger partial charge is 0.387 e. The molecule has 9 heteroatoms. The van der Waals surface area contributed by atoms with Crippen LogP contribution in [0.4, 0.5) is 5.82 Å². The Hall–Kier alpha value is -3.01. The van der Waals surface area contributed by atoms with E-state index < -0.39 is 6.10 Å². The molecule has 1 aliphatic heterocycles. The lowest BCUT2D eigenvalue weighted by atomic mass is 9.99. The molecule has 0 bridgehead atoms. The number of nitrogens with zero attached hydrogens (tertiary/aromatic N) is 3. The van der Waals surface area contributed by atoms with E-state index in [4.69, 9.17) is 12.2 Å². The summed E-state index contributed by atoms with van der Waals surface area (Å²) in [5.41, 5.74) is 1.17. The smallest absolute Gasteiger partial charge is 0.267 e. The topological polar surface area (TPSA) is 86.9 Å². The van der Waals surface area contributed by atoms with E-state index >= 15 is 0 Å². The quantitative estimate of drug-likeness (QED) is 0.255. The van der Waals surface area contributed by atoms with Crippen molar-refractivity contribution in [3.05, 3.63) is 81.1 Å². The van der Waals surface area contributed by atoms with Crippen LogP contribution in [0, 0.1) is 5.92 Å². The Morgan fingerprint density at radius 3 is 2.62 bits per heavy atom. The summed E-state index contributed by atoms with van der Waals surface area (Å²) in [6.45, 7) is 5.03. The number of benzene rings is 1. The SMILES string of the molecule is CCCC[C@@H](CC)CN1C(=O)/C(=C/c2c(NC[C@H](O)c3ccccc3)nc3ccccn3c2=O)SC1=S. The number of carbonyl (C=O) groups is 1. The Balaban J connectivity index is 1.65. The molecule has 2 N–H and O–H groups in total. The van der Waals surface area contributed by atoms with Crippen molar-refractivity contribution in [2.75, 3.05) is 18.4 Å². The molecule has 0 radical (unpaired) electrons. The van der Waals surface area contributed by atoms with Gasteiger partial charge in [0.1, 0.15) is 15.8 Å². The Kier molecular flexibility index (Phi) is 9.13. The van der Waals surface area contributed by atoms with Crippen molar-refractivity contribution in [1.82, 2.24) is 14.3 Å². The molecule has 194 valence electrons. The van der Waals surface area contributed by atoms with Gasteiger partial charge in [0.15, 0.2) is 0 Å². The van der Waals surface area contributed by atoms with Crippen LogP contribution in [-0.2, 0) is 4.79 Å². The van der Waals surface area contributed by atoms with Crippen molar-refractivity contribution in [3.63, 3.8) is 0 Å². The van der Waals surface area contributed by atoms with Gasteiger partial charge in [0.2, 0.25) is 0 Å². The van der Waals surface area contributed by atoms with Gasteiger partial charge >= 0.3 is 0 Å². The average Bonchev–Trinajstić information content (AvgIpc) is 3.18. The van der Waals surface area contributed by atoms with Gasteiger partial charge < -0.3 is 10.4 Å². The maximum atomic E-state index is 13.5. The molecule has 1 saturated heterocycles. The predicted molar refractivity (Wildman–Crippen MR) is 155 cm³/mol. The van der Waals surface area contributed by atoms with Crippen LogP contribution in [-0.4, -0.2) is 42.7 Å². The lowest BCUT2D eigenvalue weighted by molar-refractivity contribution is -0.122. The number of hydrogen-bond acceptors (Lipinski definition) is 7. The summed E-state index contributed by atoms with van der Waals surface area (Å²) in [5, 5.41) is 13.8. The zero-order valence-corrected chi connectivity index (χ0v) is 22.7. The Morgan fingerprint density at radius 1 is 1.14 bits per heavy atom. The fraction of sp³-hybridized carbons (Fsp3) is 0.357.